The van der Waals surface area contributed by atoms with Crippen molar-refractivity contribution in [3.63, 3.8) is 0 Å². The van der Waals surface area contributed by atoms with Gasteiger partial charge in [0, 0.05) is 60.1 Å². The first-order valence-electron chi connectivity index (χ1n) is 15.0. The summed E-state index contributed by atoms with van der Waals surface area (Å²) in [5.41, 5.74) is 2.23. The number of aliphatic hydroxyl groups is 1. The predicted molar refractivity (Wildman–Crippen MR) is 158 cm³/mol. The molecule has 2 atom stereocenters. The highest BCUT2D eigenvalue weighted by molar-refractivity contribution is 6.01. The summed E-state index contributed by atoms with van der Waals surface area (Å²) < 4.78 is 21.9. The molecule has 7 rings (SSSR count). The van der Waals surface area contributed by atoms with E-state index in [1.807, 2.05) is 13.8 Å². The molecule has 3 fully saturated rings. The quantitative estimate of drug-likeness (QED) is 0.287. The highest BCUT2D eigenvalue weighted by atomic mass is 19.1. The number of halogens is 1. The number of carbonyl (C=O) groups excluding carboxylic acids is 2. The Labute approximate surface area is 249 Å². The number of aromatic nitrogens is 2. The molecule has 0 bridgehead atoms. The summed E-state index contributed by atoms with van der Waals surface area (Å²) in [5.74, 6) is -0.469. The predicted octanol–water partition coefficient (Wildman–Crippen LogP) is 5.55. The van der Waals surface area contributed by atoms with Crippen molar-refractivity contribution in [2.75, 3.05) is 13.1 Å². The molecule has 1 aliphatic carbocycles. The van der Waals surface area contributed by atoms with Crippen LogP contribution in [-0.4, -0.2) is 44.9 Å². The number of imide groups is 1. The molecule has 2 aliphatic heterocycles. The van der Waals surface area contributed by atoms with Gasteiger partial charge in [-0.25, -0.2) is 9.37 Å². The molecule has 222 valence electrons. The zero-order valence-corrected chi connectivity index (χ0v) is 24.4. The largest absolute Gasteiger partial charge is 0.448 e. The van der Waals surface area contributed by atoms with Gasteiger partial charge in [0.15, 0.2) is 5.89 Å². The van der Waals surface area contributed by atoms with Crippen molar-refractivity contribution in [2.24, 2.45) is 5.41 Å². The monoisotopic (exact) mass is 582 g/mol. The van der Waals surface area contributed by atoms with Gasteiger partial charge >= 0.3 is 0 Å². The molecule has 9 heteroatoms. The van der Waals surface area contributed by atoms with E-state index in [2.05, 4.69) is 44.5 Å². The maximum Gasteiger partial charge on any atom is 0.234 e. The third kappa shape index (κ3) is 5.04. The highest BCUT2D eigenvalue weighted by Crippen LogP contribution is 2.48. The molecule has 3 aliphatic rings. The van der Waals surface area contributed by atoms with Gasteiger partial charge in [-0.1, -0.05) is 44.2 Å². The average molecular weight is 583 g/mol. The maximum absolute atomic E-state index is 16.2. The van der Waals surface area contributed by atoms with Crippen molar-refractivity contribution in [1.82, 2.24) is 20.2 Å². The van der Waals surface area contributed by atoms with Crippen LogP contribution >= 0.6 is 0 Å². The maximum atomic E-state index is 16.2. The van der Waals surface area contributed by atoms with Gasteiger partial charge in [0.1, 0.15) is 17.8 Å². The Morgan fingerprint density at radius 1 is 1.12 bits per heavy atom. The van der Waals surface area contributed by atoms with Crippen molar-refractivity contribution in [3.05, 3.63) is 83.3 Å². The van der Waals surface area contributed by atoms with Gasteiger partial charge in [0.2, 0.25) is 11.8 Å². The molecule has 2 aromatic carbocycles. The van der Waals surface area contributed by atoms with E-state index in [4.69, 9.17) is 4.42 Å². The van der Waals surface area contributed by atoms with Crippen molar-refractivity contribution >= 4 is 22.7 Å². The van der Waals surface area contributed by atoms with Crippen molar-refractivity contribution in [2.45, 2.75) is 69.9 Å². The smallest absolute Gasteiger partial charge is 0.234 e. The molecule has 0 radical (unpaired) electrons. The van der Waals surface area contributed by atoms with Crippen LogP contribution in [0.4, 0.5) is 4.39 Å². The fourth-order valence-electron chi connectivity index (χ4n) is 6.74. The first kappa shape index (κ1) is 27.9. The van der Waals surface area contributed by atoms with Crippen LogP contribution in [0.3, 0.4) is 0 Å². The summed E-state index contributed by atoms with van der Waals surface area (Å²) in [6.45, 7) is 5.84. The van der Waals surface area contributed by atoms with Gasteiger partial charge < -0.3 is 9.52 Å². The second-order valence-electron chi connectivity index (χ2n) is 13.0. The van der Waals surface area contributed by atoms with Crippen LogP contribution in [0.15, 0.2) is 59.3 Å². The number of fused-ring (bicyclic) bond motifs is 1. The van der Waals surface area contributed by atoms with Gasteiger partial charge in [-0.3, -0.25) is 24.8 Å². The van der Waals surface area contributed by atoms with Crippen LogP contribution in [0, 0.1) is 11.2 Å². The summed E-state index contributed by atoms with van der Waals surface area (Å²) in [6, 6.07) is 13.3. The second-order valence-corrected chi connectivity index (χ2v) is 13.0. The lowest BCUT2D eigenvalue weighted by molar-refractivity contribution is -0.134. The molecule has 4 aromatic rings. The summed E-state index contributed by atoms with van der Waals surface area (Å²) in [6.07, 6.45) is 6.55. The average Bonchev–Trinajstić information content (AvgIpc) is 3.72. The number of oxazole rings is 1. The molecular weight excluding hydrogens is 547 g/mol. The number of likely N-dealkylation sites (tertiary alicyclic amines) is 1. The van der Waals surface area contributed by atoms with Crippen molar-refractivity contribution in [1.29, 1.82) is 0 Å². The number of piperidine rings is 2. The van der Waals surface area contributed by atoms with Gasteiger partial charge in [-0.05, 0) is 48.9 Å². The molecule has 2 amide bonds. The molecule has 0 spiro atoms. The Balaban J connectivity index is 1.09. The molecule has 1 unspecified atom stereocenters. The standard InChI is InChI=1S/C34H35FN4O4/c1-33(2)19-39(17-20-3-5-21(6-4-20)28-18-43-32(37-28)22-7-8-22)14-13-34(33,42)26-10-11-27-25(30(26)35)15-23(16-36-27)24-9-12-29(40)38-31(24)41/h3-6,10-11,15-16,18,22,24,42H,7-9,12-14,17,19H2,1-2H3,(H,38,40,41)/t24?,34-/m1/s1. The van der Waals surface area contributed by atoms with Gasteiger partial charge in [-0.2, -0.15) is 0 Å². The van der Waals surface area contributed by atoms with Crippen LogP contribution in [0.1, 0.15) is 80.4 Å². The van der Waals surface area contributed by atoms with E-state index < -0.39 is 28.7 Å². The van der Waals surface area contributed by atoms with Crippen LogP contribution in [0.25, 0.3) is 22.2 Å². The SMILES string of the molecule is CC1(C)CN(Cc2ccc(-c3coc(C4CC4)n3)cc2)CC[C@@]1(O)c1ccc2ncc(C3CCC(=O)NC3=O)cc2c1F. The zero-order chi connectivity index (χ0) is 29.9. The zero-order valence-electron chi connectivity index (χ0n) is 24.4. The van der Waals surface area contributed by atoms with E-state index in [1.165, 1.54) is 0 Å². The number of benzene rings is 2. The summed E-state index contributed by atoms with van der Waals surface area (Å²) in [4.78, 5) is 35.4. The topological polar surface area (TPSA) is 109 Å². The minimum Gasteiger partial charge on any atom is -0.448 e. The van der Waals surface area contributed by atoms with E-state index in [0.29, 0.717) is 49.5 Å². The van der Waals surface area contributed by atoms with Crippen molar-refractivity contribution < 1.29 is 23.5 Å². The molecule has 2 N–H and O–H groups in total. The van der Waals surface area contributed by atoms with Crippen LogP contribution < -0.4 is 5.32 Å². The molecule has 8 nitrogen and oxygen atoms in total. The Bertz CT molecular complexity index is 1730. The Morgan fingerprint density at radius 2 is 1.91 bits per heavy atom. The molecule has 1 saturated carbocycles. The summed E-state index contributed by atoms with van der Waals surface area (Å²) in [5, 5.41) is 14.7. The molecule has 2 aromatic heterocycles. The van der Waals surface area contributed by atoms with Crippen molar-refractivity contribution in [3.8, 4) is 11.3 Å². The molecular formula is C34H35FN4O4. The lowest BCUT2D eigenvalue weighted by Crippen LogP contribution is -2.55. The Morgan fingerprint density at radius 3 is 2.63 bits per heavy atom. The minimum absolute atomic E-state index is 0.231. The van der Waals surface area contributed by atoms with Gasteiger partial charge in [-0.15, -0.1) is 0 Å². The lowest BCUT2D eigenvalue weighted by Gasteiger charge is -2.50. The minimum atomic E-state index is -1.40. The van der Waals surface area contributed by atoms with E-state index in [-0.39, 0.29) is 23.3 Å². The fraction of sp³-hybridized carbons (Fsp3) is 0.412. The van der Waals surface area contributed by atoms with Gasteiger partial charge in [0.05, 0.1) is 17.0 Å². The third-order valence-corrected chi connectivity index (χ3v) is 9.54. The van der Waals surface area contributed by atoms with Crippen LogP contribution in [-0.2, 0) is 21.7 Å². The number of hydrogen-bond donors (Lipinski definition) is 2. The Hall–Kier alpha value is -3.95. The van der Waals surface area contributed by atoms with E-state index >= 15 is 4.39 Å². The Kier molecular flexibility index (Phi) is 6.70. The number of pyridine rings is 1. The number of rotatable bonds is 6. The molecule has 2 saturated heterocycles. The summed E-state index contributed by atoms with van der Waals surface area (Å²) >= 11 is 0. The number of hydrogen-bond acceptors (Lipinski definition) is 7. The van der Waals surface area contributed by atoms with Crippen LogP contribution in [0.2, 0.25) is 0 Å². The number of nitrogens with one attached hydrogen (secondary N) is 1. The number of amides is 2. The van der Waals surface area contributed by atoms with Gasteiger partial charge in [0.25, 0.3) is 0 Å². The second kappa shape index (κ2) is 10.3. The fourth-order valence-corrected chi connectivity index (χ4v) is 6.74. The lowest BCUT2D eigenvalue weighted by atomic mass is 9.66. The summed E-state index contributed by atoms with van der Waals surface area (Å²) in [7, 11) is 0. The van der Waals surface area contributed by atoms with E-state index in [0.717, 1.165) is 35.6 Å². The van der Waals surface area contributed by atoms with E-state index in [9.17, 15) is 14.7 Å². The highest BCUT2D eigenvalue weighted by Gasteiger charge is 2.50. The van der Waals surface area contributed by atoms with E-state index in [1.54, 1.807) is 30.7 Å². The third-order valence-electron chi connectivity index (χ3n) is 9.54. The molecule has 4 heterocycles. The first-order valence-corrected chi connectivity index (χ1v) is 15.0. The normalized spacial score (nSPS) is 24.3. The molecule has 43 heavy (non-hydrogen) atoms. The number of carbonyl (C=O) groups is 2. The first-order chi connectivity index (χ1) is 20.6. The van der Waals surface area contributed by atoms with Crippen LogP contribution in [0.5, 0.6) is 0 Å². The number of nitrogens with zero attached hydrogens (tertiary/aromatic N) is 3.